The Morgan fingerprint density at radius 2 is 1.50 bits per heavy atom. The smallest absolute Gasteiger partial charge is 0.449 e. The monoisotopic (exact) mass is 261 g/mol. The van der Waals surface area contributed by atoms with E-state index in [4.69, 9.17) is 14.2 Å². The van der Waals surface area contributed by atoms with Gasteiger partial charge < -0.3 is 19.5 Å². The van der Waals surface area contributed by atoms with E-state index in [9.17, 15) is 9.59 Å². The molecule has 0 atom stereocenters. The van der Waals surface area contributed by atoms with Crippen molar-refractivity contribution < 1.29 is 23.8 Å². The minimum atomic E-state index is -0.721. The average molecular weight is 261 g/mol. The number of amides is 1. The van der Waals surface area contributed by atoms with Crippen LogP contribution in [0.1, 0.15) is 27.7 Å². The first-order valence-corrected chi connectivity index (χ1v) is 6.12. The summed E-state index contributed by atoms with van der Waals surface area (Å²) in [7, 11) is 0. The molecule has 0 unspecified atom stereocenters. The third kappa shape index (κ3) is 11.0. The van der Waals surface area contributed by atoms with Gasteiger partial charge in [-0.3, -0.25) is 0 Å². The van der Waals surface area contributed by atoms with E-state index < -0.39 is 12.2 Å². The number of hydrogen-bond acceptors (Lipinski definition) is 5. The van der Waals surface area contributed by atoms with Crippen molar-refractivity contribution in [1.82, 2.24) is 5.32 Å². The maximum atomic E-state index is 11.1. The molecule has 0 fully saturated rings. The molecule has 1 N–H and O–H groups in total. The lowest BCUT2D eigenvalue weighted by Gasteiger charge is -2.10. The summed E-state index contributed by atoms with van der Waals surface area (Å²) in [6, 6.07) is 0. The van der Waals surface area contributed by atoms with Crippen molar-refractivity contribution in [2.24, 2.45) is 11.8 Å². The second-order valence-corrected chi connectivity index (χ2v) is 4.72. The Balaban J connectivity index is 3.44. The second kappa shape index (κ2) is 9.56. The summed E-state index contributed by atoms with van der Waals surface area (Å²) >= 11 is 0. The van der Waals surface area contributed by atoms with Crippen LogP contribution in [0.2, 0.25) is 0 Å². The van der Waals surface area contributed by atoms with E-state index in [1.807, 2.05) is 27.7 Å². The number of hydrogen-bond donors (Lipinski definition) is 1. The Bertz CT molecular complexity index is 227. The highest BCUT2D eigenvalue weighted by Crippen LogP contribution is 1.95. The van der Waals surface area contributed by atoms with Crippen LogP contribution in [0.5, 0.6) is 0 Å². The molecule has 18 heavy (non-hydrogen) atoms. The number of ether oxygens (including phenoxy) is 3. The third-order valence-corrected chi connectivity index (χ3v) is 1.67. The van der Waals surface area contributed by atoms with Gasteiger partial charge in [0, 0.05) is 0 Å². The van der Waals surface area contributed by atoms with E-state index in [1.165, 1.54) is 0 Å². The van der Waals surface area contributed by atoms with Crippen LogP contribution in [0.15, 0.2) is 0 Å². The predicted octanol–water partition coefficient (Wildman–Crippen LogP) is 2.18. The molecule has 0 aromatic heterocycles. The largest absolute Gasteiger partial charge is 0.508 e. The summed E-state index contributed by atoms with van der Waals surface area (Å²) in [6.07, 6.45) is -1.23. The third-order valence-electron chi connectivity index (χ3n) is 1.67. The lowest BCUT2D eigenvalue weighted by Crippen LogP contribution is -2.29. The normalized spacial score (nSPS) is 10.3. The molecule has 6 heteroatoms. The molecule has 6 nitrogen and oxygen atoms in total. The van der Waals surface area contributed by atoms with Gasteiger partial charge in [-0.15, -0.1) is 0 Å². The Morgan fingerprint density at radius 3 is 2.06 bits per heavy atom. The highest BCUT2D eigenvalue weighted by atomic mass is 16.7. The van der Waals surface area contributed by atoms with Gasteiger partial charge in [-0.05, 0) is 11.8 Å². The first kappa shape index (κ1) is 16.5. The molecular formula is C12H23NO5. The Kier molecular flexibility index (Phi) is 8.78. The van der Waals surface area contributed by atoms with Gasteiger partial charge >= 0.3 is 12.2 Å². The van der Waals surface area contributed by atoms with Crippen LogP contribution in [0.4, 0.5) is 9.59 Å². The van der Waals surface area contributed by atoms with Crippen molar-refractivity contribution in [3.05, 3.63) is 0 Å². The molecule has 0 bridgehead atoms. The highest BCUT2D eigenvalue weighted by molar-refractivity contribution is 5.67. The SMILES string of the molecule is CC(C)COC(=O)NCCOC(=O)OCC(C)C. The number of carbonyl (C=O) groups is 2. The molecule has 106 valence electrons. The number of rotatable bonds is 7. The molecule has 0 saturated heterocycles. The molecule has 0 aromatic rings. The lowest BCUT2D eigenvalue weighted by atomic mass is 10.2. The van der Waals surface area contributed by atoms with E-state index >= 15 is 0 Å². The van der Waals surface area contributed by atoms with E-state index in [2.05, 4.69) is 5.32 Å². The van der Waals surface area contributed by atoms with Crippen molar-refractivity contribution in [1.29, 1.82) is 0 Å². The summed E-state index contributed by atoms with van der Waals surface area (Å²) in [5.74, 6) is 0.555. The fraction of sp³-hybridized carbons (Fsp3) is 0.833. The molecule has 0 radical (unpaired) electrons. The van der Waals surface area contributed by atoms with Gasteiger partial charge in [0.1, 0.15) is 6.61 Å². The van der Waals surface area contributed by atoms with Crippen LogP contribution in [-0.2, 0) is 14.2 Å². The summed E-state index contributed by atoms with van der Waals surface area (Å²) in [5.41, 5.74) is 0. The Morgan fingerprint density at radius 1 is 0.944 bits per heavy atom. The van der Waals surface area contributed by atoms with Gasteiger partial charge in [-0.25, -0.2) is 9.59 Å². The minimum absolute atomic E-state index is 0.0632. The van der Waals surface area contributed by atoms with Gasteiger partial charge in [0.15, 0.2) is 0 Å². The molecule has 0 aliphatic carbocycles. The van der Waals surface area contributed by atoms with Gasteiger partial charge in [-0.2, -0.15) is 0 Å². The summed E-state index contributed by atoms with van der Waals surface area (Å²) in [6.45, 7) is 8.70. The molecule has 0 saturated carbocycles. The van der Waals surface area contributed by atoms with E-state index in [0.717, 1.165) is 0 Å². The molecule has 1 amide bonds. The average Bonchev–Trinajstić information content (AvgIpc) is 2.29. The van der Waals surface area contributed by atoms with E-state index in [-0.39, 0.29) is 25.0 Å². The number of nitrogens with one attached hydrogen (secondary N) is 1. The maximum Gasteiger partial charge on any atom is 0.508 e. The van der Waals surface area contributed by atoms with Crippen molar-refractivity contribution >= 4 is 12.2 Å². The molecule has 0 rings (SSSR count). The molecule has 0 spiro atoms. The lowest BCUT2D eigenvalue weighted by molar-refractivity contribution is 0.0475. The van der Waals surface area contributed by atoms with Crippen LogP contribution < -0.4 is 5.32 Å². The zero-order chi connectivity index (χ0) is 14.0. The van der Waals surface area contributed by atoms with E-state index in [1.54, 1.807) is 0 Å². The molecular weight excluding hydrogens is 238 g/mol. The topological polar surface area (TPSA) is 73.9 Å². The van der Waals surface area contributed by atoms with Crippen molar-refractivity contribution in [3.8, 4) is 0 Å². The van der Waals surface area contributed by atoms with Crippen molar-refractivity contribution in [3.63, 3.8) is 0 Å². The van der Waals surface area contributed by atoms with Crippen molar-refractivity contribution in [2.45, 2.75) is 27.7 Å². The summed E-state index contributed by atoms with van der Waals surface area (Å²) < 4.78 is 14.4. The van der Waals surface area contributed by atoms with Crippen LogP contribution in [-0.4, -0.2) is 38.6 Å². The molecule has 0 heterocycles. The number of alkyl carbamates (subject to hydrolysis) is 1. The summed E-state index contributed by atoms with van der Waals surface area (Å²) in [4.78, 5) is 22.1. The van der Waals surface area contributed by atoms with Crippen molar-refractivity contribution in [2.75, 3.05) is 26.4 Å². The Labute approximate surface area is 108 Å². The van der Waals surface area contributed by atoms with Crippen LogP contribution >= 0.6 is 0 Å². The van der Waals surface area contributed by atoms with Crippen LogP contribution in [0, 0.1) is 11.8 Å². The highest BCUT2D eigenvalue weighted by Gasteiger charge is 2.06. The van der Waals surface area contributed by atoms with Gasteiger partial charge in [0.05, 0.1) is 19.8 Å². The quantitative estimate of drug-likeness (QED) is 0.561. The zero-order valence-electron chi connectivity index (χ0n) is 11.5. The van der Waals surface area contributed by atoms with Gasteiger partial charge in [-0.1, -0.05) is 27.7 Å². The molecule has 0 aliphatic rings. The van der Waals surface area contributed by atoms with Crippen LogP contribution in [0.3, 0.4) is 0 Å². The predicted molar refractivity (Wildman–Crippen MR) is 66.3 cm³/mol. The first-order valence-electron chi connectivity index (χ1n) is 6.12. The molecule has 0 aliphatic heterocycles. The van der Waals surface area contributed by atoms with E-state index in [0.29, 0.717) is 13.2 Å². The van der Waals surface area contributed by atoms with Crippen LogP contribution in [0.25, 0.3) is 0 Å². The zero-order valence-corrected chi connectivity index (χ0v) is 11.5. The van der Waals surface area contributed by atoms with Gasteiger partial charge in [0.25, 0.3) is 0 Å². The standard InChI is InChI=1S/C12H23NO5/c1-9(2)7-17-11(14)13-5-6-16-12(15)18-8-10(3)4/h9-10H,5-8H2,1-4H3,(H,13,14). The summed E-state index contributed by atoms with van der Waals surface area (Å²) in [5, 5.41) is 2.46. The van der Waals surface area contributed by atoms with Gasteiger partial charge in [0.2, 0.25) is 0 Å². The fourth-order valence-corrected chi connectivity index (χ4v) is 0.857. The molecule has 0 aromatic carbocycles. The fourth-order valence-electron chi connectivity index (χ4n) is 0.857. The second-order valence-electron chi connectivity index (χ2n) is 4.72. The minimum Gasteiger partial charge on any atom is -0.449 e. The maximum absolute atomic E-state index is 11.1. The first-order chi connectivity index (χ1) is 8.41. The number of carbonyl (C=O) groups excluding carboxylic acids is 2. The Hall–Kier alpha value is -1.46.